The van der Waals surface area contributed by atoms with E-state index in [0.29, 0.717) is 12.0 Å². The summed E-state index contributed by atoms with van der Waals surface area (Å²) in [6.45, 7) is 5.77. The van der Waals surface area contributed by atoms with Gasteiger partial charge in [0.1, 0.15) is 5.76 Å². The van der Waals surface area contributed by atoms with E-state index in [9.17, 15) is 9.59 Å². The number of benzene rings is 2. The average molecular weight is 415 g/mol. The molecule has 31 heavy (non-hydrogen) atoms. The van der Waals surface area contributed by atoms with E-state index in [1.165, 1.54) is 0 Å². The number of anilines is 1. The highest BCUT2D eigenvalue weighted by Crippen LogP contribution is 2.30. The lowest BCUT2D eigenvalue weighted by Crippen LogP contribution is -2.22. The van der Waals surface area contributed by atoms with Crippen LogP contribution in [0.1, 0.15) is 61.8 Å². The third-order valence-corrected chi connectivity index (χ3v) is 5.53. The molecule has 2 aromatic carbocycles. The summed E-state index contributed by atoms with van der Waals surface area (Å²) in [6.07, 6.45) is 2.29. The fourth-order valence-electron chi connectivity index (χ4n) is 3.78. The van der Waals surface area contributed by atoms with Crippen molar-refractivity contribution in [3.63, 3.8) is 0 Å². The molecule has 0 atom stereocenters. The van der Waals surface area contributed by atoms with Crippen molar-refractivity contribution < 1.29 is 14.0 Å². The normalized spacial score (nSPS) is 14.2. The maximum atomic E-state index is 12.9. The van der Waals surface area contributed by atoms with Crippen LogP contribution in [-0.2, 0) is 6.42 Å². The fourth-order valence-corrected chi connectivity index (χ4v) is 3.78. The van der Waals surface area contributed by atoms with Gasteiger partial charge in [-0.1, -0.05) is 35.9 Å². The van der Waals surface area contributed by atoms with Crippen LogP contribution in [0.3, 0.4) is 0 Å². The molecule has 6 heteroatoms. The number of furan rings is 1. The van der Waals surface area contributed by atoms with Gasteiger partial charge in [-0.05, 0) is 57.4 Å². The Morgan fingerprint density at radius 1 is 0.935 bits per heavy atom. The van der Waals surface area contributed by atoms with E-state index in [0.717, 1.165) is 52.3 Å². The number of carbonyl (C=O) groups is 2. The summed E-state index contributed by atoms with van der Waals surface area (Å²) in [7, 11) is 0. The zero-order valence-corrected chi connectivity index (χ0v) is 17.9. The Morgan fingerprint density at radius 3 is 2.42 bits per heavy atom. The topological polar surface area (TPSA) is 83.7 Å². The van der Waals surface area contributed by atoms with Gasteiger partial charge in [-0.2, -0.15) is 5.10 Å². The lowest BCUT2D eigenvalue weighted by Gasteiger charge is -2.13. The van der Waals surface area contributed by atoms with Crippen molar-refractivity contribution in [2.24, 2.45) is 5.10 Å². The summed E-state index contributed by atoms with van der Waals surface area (Å²) in [4.78, 5) is 25.3. The number of hydrazone groups is 1. The Bertz CT molecular complexity index is 1170. The Morgan fingerprint density at radius 2 is 1.68 bits per heavy atom. The summed E-state index contributed by atoms with van der Waals surface area (Å²) in [6, 6.07) is 14.9. The Labute approximate surface area is 181 Å². The van der Waals surface area contributed by atoms with Gasteiger partial charge in [0.25, 0.3) is 11.8 Å². The predicted octanol–water partition coefficient (Wildman–Crippen LogP) is 4.93. The van der Waals surface area contributed by atoms with Gasteiger partial charge < -0.3 is 9.73 Å². The van der Waals surface area contributed by atoms with Crippen LogP contribution < -0.4 is 10.7 Å². The van der Waals surface area contributed by atoms with Gasteiger partial charge in [0, 0.05) is 28.8 Å². The minimum atomic E-state index is -0.288. The Kier molecular flexibility index (Phi) is 5.71. The summed E-state index contributed by atoms with van der Waals surface area (Å²) in [5, 5.41) is 7.31. The van der Waals surface area contributed by atoms with E-state index < -0.39 is 0 Å². The molecule has 0 bridgehead atoms. The summed E-state index contributed by atoms with van der Waals surface area (Å²) in [5.74, 6) is 0.470. The summed E-state index contributed by atoms with van der Waals surface area (Å²) >= 11 is 0. The number of rotatable bonds is 4. The van der Waals surface area contributed by atoms with Crippen LogP contribution in [0.15, 0.2) is 58.0 Å². The Hall–Kier alpha value is -3.67. The molecule has 0 saturated heterocycles. The highest BCUT2D eigenvalue weighted by atomic mass is 16.4. The van der Waals surface area contributed by atoms with Gasteiger partial charge in [0.2, 0.25) is 0 Å². The van der Waals surface area contributed by atoms with Crippen LogP contribution in [-0.4, -0.2) is 17.5 Å². The minimum Gasteiger partial charge on any atom is -0.455 e. The smallest absolute Gasteiger partial charge is 0.291 e. The van der Waals surface area contributed by atoms with Gasteiger partial charge >= 0.3 is 0 Å². The zero-order valence-electron chi connectivity index (χ0n) is 17.9. The monoisotopic (exact) mass is 415 g/mol. The third kappa shape index (κ3) is 4.28. The average Bonchev–Trinajstić information content (AvgIpc) is 3.11. The summed E-state index contributed by atoms with van der Waals surface area (Å²) < 4.78 is 5.94. The van der Waals surface area contributed by atoms with Gasteiger partial charge in [-0.3, -0.25) is 9.59 Å². The molecular weight excluding hydrogens is 390 g/mol. The second-order valence-electron chi connectivity index (χ2n) is 7.84. The lowest BCUT2D eigenvalue weighted by molar-refractivity contribution is 0.0953. The molecule has 1 aromatic heterocycles. The van der Waals surface area contributed by atoms with E-state index in [1.807, 2.05) is 57.2 Å². The number of hydrogen-bond acceptors (Lipinski definition) is 4. The van der Waals surface area contributed by atoms with Crippen molar-refractivity contribution in [1.82, 2.24) is 5.43 Å². The number of amides is 2. The van der Waals surface area contributed by atoms with E-state index in [-0.39, 0.29) is 17.6 Å². The van der Waals surface area contributed by atoms with Crippen molar-refractivity contribution in [1.29, 1.82) is 0 Å². The molecule has 6 nitrogen and oxygen atoms in total. The molecule has 0 radical (unpaired) electrons. The van der Waals surface area contributed by atoms with Crippen molar-refractivity contribution in [3.8, 4) is 0 Å². The third-order valence-electron chi connectivity index (χ3n) is 5.53. The molecule has 1 aliphatic rings. The molecule has 3 aromatic rings. The van der Waals surface area contributed by atoms with Crippen LogP contribution >= 0.6 is 0 Å². The van der Waals surface area contributed by atoms with Gasteiger partial charge in [-0.25, -0.2) is 5.43 Å². The second-order valence-corrected chi connectivity index (χ2v) is 7.84. The molecule has 2 N–H and O–H groups in total. The first-order valence-electron chi connectivity index (χ1n) is 10.4. The lowest BCUT2D eigenvalue weighted by atomic mass is 9.93. The molecule has 2 amide bonds. The van der Waals surface area contributed by atoms with Crippen molar-refractivity contribution >= 4 is 23.2 Å². The highest BCUT2D eigenvalue weighted by Gasteiger charge is 2.28. The SMILES string of the molecule is Cc1ccc(C(=O)N/N=C2\CCCc3oc(C(=O)Nc4ccccc4C)c(C)c32)cc1. The Balaban J connectivity index is 1.57. The maximum absolute atomic E-state index is 12.9. The maximum Gasteiger partial charge on any atom is 0.291 e. The molecule has 0 saturated carbocycles. The van der Waals surface area contributed by atoms with Crippen LogP contribution in [0.25, 0.3) is 0 Å². The molecule has 1 aliphatic carbocycles. The van der Waals surface area contributed by atoms with Crippen molar-refractivity contribution in [2.45, 2.75) is 40.0 Å². The zero-order chi connectivity index (χ0) is 22.0. The van der Waals surface area contributed by atoms with Crippen molar-refractivity contribution in [2.75, 3.05) is 5.32 Å². The number of nitrogens with zero attached hydrogens (tertiary/aromatic N) is 1. The predicted molar refractivity (Wildman–Crippen MR) is 121 cm³/mol. The number of hydrogen-bond donors (Lipinski definition) is 2. The standard InChI is InChI=1S/C25H25N3O3/c1-15-11-13-18(14-12-15)24(29)28-27-20-9-6-10-21-22(20)17(3)23(31-21)25(30)26-19-8-5-4-7-16(19)2/h4-5,7-8,11-14H,6,9-10H2,1-3H3,(H,26,30)(H,28,29)/b27-20+. The molecule has 0 spiro atoms. The molecule has 4 rings (SSSR count). The molecule has 1 heterocycles. The molecular formula is C25H25N3O3. The summed E-state index contributed by atoms with van der Waals surface area (Å²) in [5.41, 5.74) is 8.31. The van der Waals surface area contributed by atoms with Crippen LogP contribution in [0, 0.1) is 20.8 Å². The first kappa shape index (κ1) is 20.6. The van der Waals surface area contributed by atoms with Crippen molar-refractivity contribution in [3.05, 3.63) is 87.9 Å². The second kappa shape index (κ2) is 8.60. The molecule has 0 unspecified atom stereocenters. The van der Waals surface area contributed by atoms with E-state index in [2.05, 4.69) is 15.8 Å². The van der Waals surface area contributed by atoms with Gasteiger partial charge in [0.15, 0.2) is 5.76 Å². The van der Waals surface area contributed by atoms with E-state index >= 15 is 0 Å². The number of aryl methyl sites for hydroxylation is 3. The van der Waals surface area contributed by atoms with Gasteiger partial charge in [0.05, 0.1) is 5.71 Å². The quantitative estimate of drug-likeness (QED) is 0.593. The first-order valence-corrected chi connectivity index (χ1v) is 10.4. The fraction of sp³-hybridized carbons (Fsp3) is 0.240. The number of carbonyl (C=O) groups excluding carboxylic acids is 2. The van der Waals surface area contributed by atoms with Crippen LogP contribution in [0.5, 0.6) is 0 Å². The molecule has 158 valence electrons. The highest BCUT2D eigenvalue weighted by molar-refractivity contribution is 6.09. The number of para-hydroxylation sites is 1. The largest absolute Gasteiger partial charge is 0.455 e. The number of fused-ring (bicyclic) bond motifs is 1. The van der Waals surface area contributed by atoms with E-state index in [4.69, 9.17) is 4.42 Å². The first-order chi connectivity index (χ1) is 14.9. The number of nitrogens with one attached hydrogen (secondary N) is 2. The molecule has 0 aliphatic heterocycles. The van der Waals surface area contributed by atoms with Crippen LogP contribution in [0.2, 0.25) is 0 Å². The van der Waals surface area contributed by atoms with Gasteiger partial charge in [-0.15, -0.1) is 0 Å². The molecule has 0 fully saturated rings. The van der Waals surface area contributed by atoms with E-state index in [1.54, 1.807) is 12.1 Å². The minimum absolute atomic E-state index is 0.265. The van der Waals surface area contributed by atoms with Crippen LogP contribution in [0.4, 0.5) is 5.69 Å².